The van der Waals surface area contributed by atoms with E-state index in [1.54, 1.807) is 0 Å². The number of hydrogen-bond acceptors (Lipinski definition) is 0. The van der Waals surface area contributed by atoms with Crippen LogP contribution in [0, 0.1) is 0 Å². The van der Waals surface area contributed by atoms with Gasteiger partial charge in [0.05, 0.1) is 0 Å². The summed E-state index contributed by atoms with van der Waals surface area (Å²) in [5.41, 5.74) is 4.90. The van der Waals surface area contributed by atoms with Crippen molar-refractivity contribution in [2.45, 2.75) is 25.7 Å². The van der Waals surface area contributed by atoms with Crippen molar-refractivity contribution in [2.75, 3.05) is 0 Å². The Morgan fingerprint density at radius 2 is 1.11 bits per heavy atom. The smallest absolute Gasteiger partial charge is 0.0238 e. The molecule has 0 aliphatic carbocycles. The van der Waals surface area contributed by atoms with Crippen LogP contribution < -0.4 is 0 Å². The lowest BCUT2D eigenvalue weighted by Crippen LogP contribution is -1.90. The second-order valence-corrected chi connectivity index (χ2v) is 4.54. The summed E-state index contributed by atoms with van der Waals surface area (Å²) in [5, 5.41) is 0. The molecule has 18 heavy (non-hydrogen) atoms. The Bertz CT molecular complexity index is 389. The second-order valence-electron chi connectivity index (χ2n) is 4.54. The van der Waals surface area contributed by atoms with Crippen molar-refractivity contribution in [2.24, 2.45) is 0 Å². The SMILES string of the molecule is C=CC(=C)CCc1ccc(CCC(=C)C=C)cc1. The molecule has 0 saturated heterocycles. The van der Waals surface area contributed by atoms with Gasteiger partial charge in [-0.2, -0.15) is 0 Å². The normalized spacial score (nSPS) is 9.78. The quantitative estimate of drug-likeness (QED) is 0.557. The van der Waals surface area contributed by atoms with Crippen LogP contribution in [0.15, 0.2) is 73.9 Å². The Hall–Kier alpha value is -1.82. The van der Waals surface area contributed by atoms with Crippen molar-refractivity contribution in [1.82, 2.24) is 0 Å². The van der Waals surface area contributed by atoms with E-state index in [1.807, 2.05) is 12.2 Å². The van der Waals surface area contributed by atoms with Crippen LogP contribution in [0.4, 0.5) is 0 Å². The van der Waals surface area contributed by atoms with E-state index in [-0.39, 0.29) is 0 Å². The van der Waals surface area contributed by atoms with E-state index in [1.165, 1.54) is 11.1 Å². The van der Waals surface area contributed by atoms with Crippen molar-refractivity contribution in [3.8, 4) is 0 Å². The van der Waals surface area contributed by atoms with Crippen molar-refractivity contribution in [3.63, 3.8) is 0 Å². The number of benzene rings is 1. The predicted molar refractivity (Wildman–Crippen MR) is 81.8 cm³/mol. The molecule has 0 spiro atoms. The lowest BCUT2D eigenvalue weighted by Gasteiger charge is -2.05. The lowest BCUT2D eigenvalue weighted by atomic mass is 10.0. The maximum absolute atomic E-state index is 3.93. The molecule has 0 saturated carbocycles. The van der Waals surface area contributed by atoms with Crippen LogP contribution in [0.25, 0.3) is 0 Å². The topological polar surface area (TPSA) is 0 Å². The van der Waals surface area contributed by atoms with Gasteiger partial charge in [-0.05, 0) is 36.8 Å². The summed E-state index contributed by atoms with van der Waals surface area (Å²) in [6.07, 6.45) is 7.69. The molecule has 0 heterocycles. The summed E-state index contributed by atoms with van der Waals surface area (Å²) < 4.78 is 0. The first-order valence-corrected chi connectivity index (χ1v) is 6.34. The highest BCUT2D eigenvalue weighted by molar-refractivity contribution is 5.25. The minimum atomic E-state index is 0.982. The van der Waals surface area contributed by atoms with Gasteiger partial charge in [0, 0.05) is 0 Å². The van der Waals surface area contributed by atoms with Crippen molar-refractivity contribution in [1.29, 1.82) is 0 Å². The van der Waals surface area contributed by atoms with Crippen LogP contribution >= 0.6 is 0 Å². The second kappa shape index (κ2) is 7.50. The summed E-state index contributed by atoms with van der Waals surface area (Å²) in [4.78, 5) is 0. The van der Waals surface area contributed by atoms with Crippen molar-refractivity contribution in [3.05, 3.63) is 85.0 Å². The van der Waals surface area contributed by atoms with Gasteiger partial charge in [0.1, 0.15) is 0 Å². The van der Waals surface area contributed by atoms with Gasteiger partial charge in [0.25, 0.3) is 0 Å². The fourth-order valence-electron chi connectivity index (χ4n) is 1.69. The molecule has 0 unspecified atom stereocenters. The van der Waals surface area contributed by atoms with Gasteiger partial charge in [-0.3, -0.25) is 0 Å². The Labute approximate surface area is 111 Å². The van der Waals surface area contributed by atoms with E-state index in [2.05, 4.69) is 50.6 Å². The summed E-state index contributed by atoms with van der Waals surface area (Å²) in [5.74, 6) is 0. The van der Waals surface area contributed by atoms with E-state index in [0.29, 0.717) is 0 Å². The van der Waals surface area contributed by atoms with E-state index in [0.717, 1.165) is 36.8 Å². The fraction of sp³-hybridized carbons (Fsp3) is 0.222. The Morgan fingerprint density at radius 3 is 1.39 bits per heavy atom. The molecule has 0 aromatic heterocycles. The molecule has 0 radical (unpaired) electrons. The third-order valence-electron chi connectivity index (χ3n) is 3.07. The van der Waals surface area contributed by atoms with Gasteiger partial charge >= 0.3 is 0 Å². The average Bonchev–Trinajstić information content (AvgIpc) is 2.43. The molecule has 0 N–H and O–H groups in total. The van der Waals surface area contributed by atoms with Crippen LogP contribution in [0.2, 0.25) is 0 Å². The zero-order chi connectivity index (χ0) is 13.4. The minimum absolute atomic E-state index is 0.982. The molecule has 0 fully saturated rings. The third kappa shape index (κ3) is 5.01. The molecule has 0 atom stereocenters. The van der Waals surface area contributed by atoms with Gasteiger partial charge < -0.3 is 0 Å². The average molecular weight is 238 g/mol. The summed E-state index contributed by atoms with van der Waals surface area (Å²) in [6.45, 7) is 15.3. The van der Waals surface area contributed by atoms with E-state index in [4.69, 9.17) is 0 Å². The Kier molecular flexibility index (Phi) is 5.93. The monoisotopic (exact) mass is 238 g/mol. The molecule has 0 heteroatoms. The van der Waals surface area contributed by atoms with E-state index in [9.17, 15) is 0 Å². The van der Waals surface area contributed by atoms with Gasteiger partial charge in [-0.15, -0.1) is 0 Å². The fourth-order valence-corrected chi connectivity index (χ4v) is 1.69. The largest absolute Gasteiger partial charge is 0.0988 e. The van der Waals surface area contributed by atoms with E-state index < -0.39 is 0 Å². The third-order valence-corrected chi connectivity index (χ3v) is 3.07. The molecule has 0 nitrogen and oxygen atoms in total. The highest BCUT2D eigenvalue weighted by Gasteiger charge is 1.97. The van der Waals surface area contributed by atoms with Crippen LogP contribution in [-0.4, -0.2) is 0 Å². The van der Waals surface area contributed by atoms with E-state index >= 15 is 0 Å². The number of hydrogen-bond donors (Lipinski definition) is 0. The van der Waals surface area contributed by atoms with Crippen LogP contribution in [0.1, 0.15) is 24.0 Å². The number of aryl methyl sites for hydroxylation is 2. The lowest BCUT2D eigenvalue weighted by molar-refractivity contribution is 0.948. The first-order chi connectivity index (χ1) is 8.65. The Morgan fingerprint density at radius 1 is 0.778 bits per heavy atom. The predicted octanol–water partition coefficient (Wildman–Crippen LogP) is 5.04. The van der Waals surface area contributed by atoms with Gasteiger partial charge in [0.15, 0.2) is 0 Å². The molecule has 1 aromatic rings. The summed E-state index contributed by atoms with van der Waals surface area (Å²) in [6, 6.07) is 8.79. The molecule has 1 rings (SSSR count). The maximum Gasteiger partial charge on any atom is -0.0238 e. The standard InChI is InChI=1S/C18H22/c1-5-15(3)7-9-17-11-13-18(14-12-17)10-8-16(4)6-2/h5-6,11-14H,1-4,7-10H2. The number of rotatable bonds is 8. The summed E-state index contributed by atoms with van der Waals surface area (Å²) in [7, 11) is 0. The zero-order valence-electron chi connectivity index (χ0n) is 11.1. The molecule has 0 aliphatic rings. The van der Waals surface area contributed by atoms with Crippen LogP contribution in [0.5, 0.6) is 0 Å². The first-order valence-electron chi connectivity index (χ1n) is 6.34. The van der Waals surface area contributed by atoms with Crippen molar-refractivity contribution < 1.29 is 0 Å². The van der Waals surface area contributed by atoms with Gasteiger partial charge in [0.2, 0.25) is 0 Å². The number of allylic oxidation sites excluding steroid dienone is 4. The first kappa shape index (κ1) is 14.2. The molecule has 0 aliphatic heterocycles. The van der Waals surface area contributed by atoms with Crippen molar-refractivity contribution >= 4 is 0 Å². The molecular formula is C18H22. The van der Waals surface area contributed by atoms with Crippen LogP contribution in [0.3, 0.4) is 0 Å². The minimum Gasteiger partial charge on any atom is -0.0988 e. The highest BCUT2D eigenvalue weighted by atomic mass is 14.0. The van der Waals surface area contributed by atoms with Gasteiger partial charge in [-0.1, -0.05) is 73.9 Å². The Balaban J connectivity index is 2.47. The molecule has 1 aromatic carbocycles. The van der Waals surface area contributed by atoms with Crippen LogP contribution in [-0.2, 0) is 12.8 Å². The molecular weight excluding hydrogens is 216 g/mol. The summed E-state index contributed by atoms with van der Waals surface area (Å²) >= 11 is 0. The van der Waals surface area contributed by atoms with Gasteiger partial charge in [-0.25, -0.2) is 0 Å². The molecule has 0 amide bonds. The zero-order valence-corrected chi connectivity index (χ0v) is 11.1. The molecule has 94 valence electrons. The highest BCUT2D eigenvalue weighted by Crippen LogP contribution is 2.13. The molecule has 0 bridgehead atoms. The maximum atomic E-state index is 3.93.